The van der Waals surface area contributed by atoms with E-state index in [0.717, 1.165) is 6.42 Å². The van der Waals surface area contributed by atoms with Crippen LogP contribution in [0.4, 0.5) is 0 Å². The number of hydrogen-bond acceptors (Lipinski definition) is 5. The highest BCUT2D eigenvalue weighted by atomic mass is 35.5. The van der Waals surface area contributed by atoms with Gasteiger partial charge in [-0.2, -0.15) is 0 Å². The molecule has 0 radical (unpaired) electrons. The van der Waals surface area contributed by atoms with Crippen LogP contribution in [0.5, 0.6) is 11.5 Å². The van der Waals surface area contributed by atoms with E-state index in [-0.39, 0.29) is 31.6 Å². The van der Waals surface area contributed by atoms with Crippen LogP contribution in [0.15, 0.2) is 48.5 Å². The van der Waals surface area contributed by atoms with E-state index in [9.17, 15) is 14.7 Å². The SMILES string of the molecule is CC(C)CCNC(=O)C(c1ccc(Cl)cc1)N(CCCO)C(=O)C1COc2ccccc2O1. The highest BCUT2D eigenvalue weighted by molar-refractivity contribution is 6.30. The summed E-state index contributed by atoms with van der Waals surface area (Å²) < 4.78 is 11.6. The molecule has 1 aliphatic heterocycles. The van der Waals surface area contributed by atoms with Crippen molar-refractivity contribution in [3.8, 4) is 11.5 Å². The van der Waals surface area contributed by atoms with Gasteiger partial charge in [0.05, 0.1) is 0 Å². The summed E-state index contributed by atoms with van der Waals surface area (Å²) in [6.45, 7) is 4.77. The first-order valence-corrected chi connectivity index (χ1v) is 11.6. The second-order valence-corrected chi connectivity index (χ2v) is 8.84. The Bertz CT molecular complexity index is 935. The number of nitrogens with zero attached hydrogens (tertiary/aromatic N) is 1. The lowest BCUT2D eigenvalue weighted by Crippen LogP contribution is -2.51. The van der Waals surface area contributed by atoms with Crippen molar-refractivity contribution in [2.24, 2.45) is 5.92 Å². The average molecular weight is 475 g/mol. The first kappa shape index (κ1) is 24.9. The zero-order valence-corrected chi connectivity index (χ0v) is 19.8. The Kier molecular flexibility index (Phi) is 8.97. The second-order valence-electron chi connectivity index (χ2n) is 8.40. The quantitative estimate of drug-likeness (QED) is 0.549. The maximum Gasteiger partial charge on any atom is 0.268 e. The van der Waals surface area contributed by atoms with Gasteiger partial charge in [-0.25, -0.2) is 0 Å². The Labute approximate surface area is 199 Å². The molecule has 2 aromatic carbocycles. The topological polar surface area (TPSA) is 88.1 Å². The van der Waals surface area contributed by atoms with Gasteiger partial charge in [0.2, 0.25) is 12.0 Å². The van der Waals surface area contributed by atoms with Crippen molar-refractivity contribution in [1.82, 2.24) is 10.2 Å². The fourth-order valence-corrected chi connectivity index (χ4v) is 3.76. The predicted molar refractivity (Wildman–Crippen MR) is 126 cm³/mol. The Hall–Kier alpha value is -2.77. The molecule has 0 saturated carbocycles. The molecule has 0 fully saturated rings. The number of carbonyl (C=O) groups excluding carboxylic acids is 2. The number of hydrogen-bond donors (Lipinski definition) is 2. The maximum absolute atomic E-state index is 13.6. The lowest BCUT2D eigenvalue weighted by atomic mass is 10.0. The molecule has 0 spiro atoms. The van der Waals surface area contributed by atoms with Gasteiger partial charge < -0.3 is 24.8 Å². The molecule has 2 atom stereocenters. The molecule has 178 valence electrons. The van der Waals surface area contributed by atoms with Gasteiger partial charge >= 0.3 is 0 Å². The van der Waals surface area contributed by atoms with E-state index in [1.165, 1.54) is 4.90 Å². The lowest BCUT2D eigenvalue weighted by molar-refractivity contribution is -0.148. The van der Waals surface area contributed by atoms with Crippen molar-refractivity contribution in [3.63, 3.8) is 0 Å². The molecular formula is C25H31ClN2O5. The normalized spacial score (nSPS) is 15.7. The Morgan fingerprint density at radius 3 is 2.52 bits per heavy atom. The monoisotopic (exact) mass is 474 g/mol. The second kappa shape index (κ2) is 11.9. The number of aliphatic hydroxyl groups excluding tert-OH is 1. The first-order chi connectivity index (χ1) is 15.9. The minimum absolute atomic E-state index is 0.0355. The molecule has 7 nitrogen and oxygen atoms in total. The van der Waals surface area contributed by atoms with Gasteiger partial charge in [0.25, 0.3) is 5.91 Å². The van der Waals surface area contributed by atoms with Gasteiger partial charge in [-0.1, -0.05) is 49.7 Å². The van der Waals surface area contributed by atoms with Crippen molar-refractivity contribution in [3.05, 3.63) is 59.1 Å². The number of benzene rings is 2. The fraction of sp³-hybridized carbons (Fsp3) is 0.440. The highest BCUT2D eigenvalue weighted by Gasteiger charge is 2.37. The van der Waals surface area contributed by atoms with E-state index < -0.39 is 12.1 Å². The molecule has 1 heterocycles. The van der Waals surface area contributed by atoms with Crippen LogP contribution in [0.1, 0.15) is 38.3 Å². The minimum atomic E-state index is -0.906. The van der Waals surface area contributed by atoms with E-state index in [4.69, 9.17) is 21.1 Å². The molecule has 2 N–H and O–H groups in total. The number of fused-ring (bicyclic) bond motifs is 1. The number of nitrogens with one attached hydrogen (secondary N) is 1. The van der Waals surface area contributed by atoms with Gasteiger partial charge in [0.1, 0.15) is 12.6 Å². The summed E-state index contributed by atoms with van der Waals surface area (Å²) in [5, 5.41) is 12.9. The standard InChI is InChI=1S/C25H31ClN2O5/c1-17(2)12-13-27-24(30)23(18-8-10-19(26)11-9-18)28(14-5-15-29)25(31)22-16-32-20-6-3-4-7-21(20)33-22/h3-4,6-11,17,22-23,29H,5,12-16H2,1-2H3,(H,27,30). The third-order valence-electron chi connectivity index (χ3n) is 5.39. The summed E-state index contributed by atoms with van der Waals surface area (Å²) in [6, 6.07) is 13.1. The highest BCUT2D eigenvalue weighted by Crippen LogP contribution is 2.32. The van der Waals surface area contributed by atoms with E-state index >= 15 is 0 Å². The molecule has 0 aromatic heterocycles. The Balaban J connectivity index is 1.88. The summed E-state index contributed by atoms with van der Waals surface area (Å²) in [5.41, 5.74) is 0.630. The van der Waals surface area contributed by atoms with Crippen LogP contribution in [0, 0.1) is 5.92 Å². The van der Waals surface area contributed by atoms with Crippen LogP contribution in [-0.4, -0.2) is 54.2 Å². The Morgan fingerprint density at radius 2 is 1.85 bits per heavy atom. The lowest BCUT2D eigenvalue weighted by Gasteiger charge is -2.35. The van der Waals surface area contributed by atoms with E-state index in [1.807, 2.05) is 6.07 Å². The molecule has 0 saturated heterocycles. The summed E-state index contributed by atoms with van der Waals surface area (Å²) in [4.78, 5) is 28.4. The van der Waals surface area contributed by atoms with Gasteiger partial charge in [-0.3, -0.25) is 9.59 Å². The fourth-order valence-electron chi connectivity index (χ4n) is 3.63. The number of carbonyl (C=O) groups is 2. The zero-order valence-electron chi connectivity index (χ0n) is 19.0. The first-order valence-electron chi connectivity index (χ1n) is 11.2. The smallest absolute Gasteiger partial charge is 0.268 e. The molecule has 3 rings (SSSR count). The van der Waals surface area contributed by atoms with Crippen LogP contribution >= 0.6 is 11.6 Å². The van der Waals surface area contributed by atoms with Crippen molar-refractivity contribution in [2.75, 3.05) is 26.3 Å². The van der Waals surface area contributed by atoms with Crippen molar-refractivity contribution < 1.29 is 24.2 Å². The number of ether oxygens (including phenoxy) is 2. The number of halogens is 1. The molecule has 0 aliphatic carbocycles. The van der Waals surface area contributed by atoms with Crippen LogP contribution in [-0.2, 0) is 9.59 Å². The van der Waals surface area contributed by atoms with Crippen molar-refractivity contribution >= 4 is 23.4 Å². The third kappa shape index (κ3) is 6.62. The van der Waals surface area contributed by atoms with Crippen LogP contribution in [0.2, 0.25) is 5.02 Å². The van der Waals surface area contributed by atoms with Gasteiger partial charge in [0.15, 0.2) is 11.5 Å². The van der Waals surface area contributed by atoms with E-state index in [1.54, 1.807) is 42.5 Å². The van der Waals surface area contributed by atoms with Crippen molar-refractivity contribution in [1.29, 1.82) is 0 Å². The average Bonchev–Trinajstić information content (AvgIpc) is 2.81. The summed E-state index contributed by atoms with van der Waals surface area (Å²) in [5.74, 6) is 0.815. The van der Waals surface area contributed by atoms with Gasteiger partial charge in [-0.05, 0) is 48.6 Å². The molecule has 0 bridgehead atoms. The molecule has 8 heteroatoms. The number of aliphatic hydroxyl groups is 1. The molecule has 2 unspecified atom stereocenters. The largest absolute Gasteiger partial charge is 0.485 e. The van der Waals surface area contributed by atoms with Crippen LogP contribution in [0.3, 0.4) is 0 Å². The predicted octanol–water partition coefficient (Wildman–Crippen LogP) is 3.59. The molecular weight excluding hydrogens is 444 g/mol. The number of rotatable bonds is 10. The van der Waals surface area contributed by atoms with Crippen LogP contribution in [0.25, 0.3) is 0 Å². The molecule has 2 aromatic rings. The van der Waals surface area contributed by atoms with E-state index in [0.29, 0.717) is 41.0 Å². The minimum Gasteiger partial charge on any atom is -0.485 e. The number of para-hydroxylation sites is 2. The van der Waals surface area contributed by atoms with E-state index in [2.05, 4.69) is 19.2 Å². The third-order valence-corrected chi connectivity index (χ3v) is 5.64. The molecule has 33 heavy (non-hydrogen) atoms. The summed E-state index contributed by atoms with van der Waals surface area (Å²) >= 11 is 6.06. The summed E-state index contributed by atoms with van der Waals surface area (Å²) in [6.07, 6.45) is 0.232. The van der Waals surface area contributed by atoms with Crippen molar-refractivity contribution in [2.45, 2.75) is 38.8 Å². The maximum atomic E-state index is 13.6. The summed E-state index contributed by atoms with van der Waals surface area (Å²) in [7, 11) is 0. The Morgan fingerprint density at radius 1 is 1.15 bits per heavy atom. The van der Waals surface area contributed by atoms with Gasteiger partial charge in [-0.15, -0.1) is 0 Å². The molecule has 1 aliphatic rings. The molecule has 2 amide bonds. The zero-order chi connectivity index (χ0) is 23.8. The van der Waals surface area contributed by atoms with Crippen LogP contribution < -0.4 is 14.8 Å². The van der Waals surface area contributed by atoms with Gasteiger partial charge in [0, 0.05) is 24.7 Å². The number of amides is 2.